The molecule has 0 bridgehead atoms. The molecule has 2 N–H and O–H groups in total. The number of hydrogen-bond donors (Lipinski definition) is 2. The zero-order valence-corrected chi connectivity index (χ0v) is 10.4. The van der Waals surface area contributed by atoms with Crippen LogP contribution in [0, 0.1) is 0 Å². The summed E-state index contributed by atoms with van der Waals surface area (Å²) in [5.41, 5.74) is 0.138. The number of benzene rings is 1. The third-order valence-corrected chi connectivity index (χ3v) is 2.30. The molecule has 0 saturated carbocycles. The minimum atomic E-state index is -4.78. The number of amides is 2. The first-order chi connectivity index (χ1) is 9.27. The van der Waals surface area contributed by atoms with Crippen molar-refractivity contribution in [2.45, 2.75) is 25.7 Å². The summed E-state index contributed by atoms with van der Waals surface area (Å²) in [5, 5.41) is 4.12. The van der Waals surface area contributed by atoms with Crippen molar-refractivity contribution in [3.05, 3.63) is 24.3 Å². The highest BCUT2D eigenvalue weighted by Gasteiger charge is 2.48. The molecule has 0 aliphatic heterocycles. The fraction of sp³-hybridized carbons (Fsp3) is 0.333. The SMILES string of the molecule is CCC(=O)Nc1cccc(NC(=O)C(F)(F)C(F)F)c1. The average molecular weight is 292 g/mol. The molecule has 8 heteroatoms. The summed E-state index contributed by atoms with van der Waals surface area (Å²) in [4.78, 5) is 22.2. The van der Waals surface area contributed by atoms with Crippen LogP contribution < -0.4 is 10.6 Å². The van der Waals surface area contributed by atoms with E-state index < -0.39 is 18.3 Å². The third-order valence-electron chi connectivity index (χ3n) is 2.30. The Labute approximate surface area is 112 Å². The standard InChI is InChI=1S/C12H12F4N2O2/c1-2-9(19)17-7-4-3-5-8(6-7)18-11(20)12(15,16)10(13)14/h3-6,10H,2H2,1H3,(H,17,19)(H,18,20). The van der Waals surface area contributed by atoms with E-state index in [-0.39, 0.29) is 23.7 Å². The average Bonchev–Trinajstić information content (AvgIpc) is 2.38. The van der Waals surface area contributed by atoms with Crippen molar-refractivity contribution in [2.75, 3.05) is 10.6 Å². The molecule has 0 aromatic heterocycles. The number of halogens is 4. The number of rotatable bonds is 5. The van der Waals surface area contributed by atoms with Gasteiger partial charge in [-0.3, -0.25) is 9.59 Å². The van der Waals surface area contributed by atoms with E-state index in [0.29, 0.717) is 0 Å². The monoisotopic (exact) mass is 292 g/mol. The lowest BCUT2D eigenvalue weighted by atomic mass is 10.2. The molecular weight excluding hydrogens is 280 g/mol. The summed E-state index contributed by atoms with van der Waals surface area (Å²) in [7, 11) is 0. The molecule has 0 aliphatic carbocycles. The Hall–Kier alpha value is -2.12. The van der Waals surface area contributed by atoms with Crippen molar-refractivity contribution >= 4 is 23.2 Å². The molecule has 1 rings (SSSR count). The fourth-order valence-electron chi connectivity index (χ4n) is 1.24. The summed E-state index contributed by atoms with van der Waals surface area (Å²) in [6.07, 6.45) is -3.88. The van der Waals surface area contributed by atoms with Crippen molar-refractivity contribution in [2.24, 2.45) is 0 Å². The van der Waals surface area contributed by atoms with E-state index in [1.54, 1.807) is 12.2 Å². The minimum absolute atomic E-state index is 0.121. The highest BCUT2D eigenvalue weighted by Crippen LogP contribution is 2.25. The molecular formula is C12H12F4N2O2. The number of anilines is 2. The second-order valence-electron chi connectivity index (χ2n) is 3.86. The van der Waals surface area contributed by atoms with Gasteiger partial charge in [-0.15, -0.1) is 0 Å². The van der Waals surface area contributed by atoms with Gasteiger partial charge >= 0.3 is 18.3 Å². The number of nitrogens with one attached hydrogen (secondary N) is 2. The maximum Gasteiger partial charge on any atom is 0.383 e. The highest BCUT2D eigenvalue weighted by molar-refractivity contribution is 5.97. The highest BCUT2D eigenvalue weighted by atomic mass is 19.3. The summed E-state index contributed by atoms with van der Waals surface area (Å²) in [6, 6.07) is 5.27. The summed E-state index contributed by atoms with van der Waals surface area (Å²) >= 11 is 0. The van der Waals surface area contributed by atoms with E-state index in [4.69, 9.17) is 0 Å². The predicted octanol–water partition coefficient (Wildman–Crippen LogP) is 2.87. The van der Waals surface area contributed by atoms with Gasteiger partial charge in [-0.1, -0.05) is 13.0 Å². The zero-order valence-electron chi connectivity index (χ0n) is 10.4. The molecule has 2 amide bonds. The van der Waals surface area contributed by atoms with Crippen LogP contribution in [0.5, 0.6) is 0 Å². The van der Waals surface area contributed by atoms with Gasteiger partial charge in [-0.2, -0.15) is 8.78 Å². The van der Waals surface area contributed by atoms with Crippen molar-refractivity contribution in [3.63, 3.8) is 0 Å². The second-order valence-corrected chi connectivity index (χ2v) is 3.86. The maximum atomic E-state index is 12.8. The van der Waals surface area contributed by atoms with Crippen LogP contribution in [-0.2, 0) is 9.59 Å². The van der Waals surface area contributed by atoms with Crippen LogP contribution in [-0.4, -0.2) is 24.2 Å². The Kier molecular flexibility index (Phi) is 5.06. The van der Waals surface area contributed by atoms with Gasteiger partial charge in [0.1, 0.15) is 0 Å². The van der Waals surface area contributed by atoms with Gasteiger partial charge in [-0.05, 0) is 18.2 Å². The maximum absolute atomic E-state index is 12.8. The van der Waals surface area contributed by atoms with E-state index in [1.165, 1.54) is 24.3 Å². The number of carbonyl (C=O) groups is 2. The first-order valence-corrected chi connectivity index (χ1v) is 5.64. The molecule has 0 unspecified atom stereocenters. The van der Waals surface area contributed by atoms with Crippen molar-refractivity contribution in [1.82, 2.24) is 0 Å². The van der Waals surface area contributed by atoms with Crippen LogP contribution in [0.3, 0.4) is 0 Å². The summed E-state index contributed by atoms with van der Waals surface area (Å²) in [6.45, 7) is 1.62. The van der Waals surface area contributed by atoms with Crippen LogP contribution in [0.2, 0.25) is 0 Å². The minimum Gasteiger partial charge on any atom is -0.326 e. The molecule has 0 aliphatic rings. The predicted molar refractivity (Wildman–Crippen MR) is 64.9 cm³/mol. The van der Waals surface area contributed by atoms with Crippen molar-refractivity contribution in [1.29, 1.82) is 0 Å². The van der Waals surface area contributed by atoms with Crippen LogP contribution in [0.4, 0.5) is 28.9 Å². The molecule has 0 saturated heterocycles. The Morgan fingerprint density at radius 1 is 1.20 bits per heavy atom. The molecule has 4 nitrogen and oxygen atoms in total. The topological polar surface area (TPSA) is 58.2 Å². The Bertz CT molecular complexity index is 506. The number of hydrogen-bond acceptors (Lipinski definition) is 2. The lowest BCUT2D eigenvalue weighted by Crippen LogP contribution is -2.40. The second kappa shape index (κ2) is 6.36. The van der Waals surface area contributed by atoms with E-state index in [1.807, 2.05) is 0 Å². The van der Waals surface area contributed by atoms with E-state index in [9.17, 15) is 27.2 Å². The Morgan fingerprint density at radius 3 is 2.25 bits per heavy atom. The van der Waals surface area contributed by atoms with Gasteiger partial charge in [0.15, 0.2) is 0 Å². The summed E-state index contributed by atoms with van der Waals surface area (Å²) in [5.74, 6) is -7.19. The van der Waals surface area contributed by atoms with Crippen molar-refractivity contribution in [3.8, 4) is 0 Å². The smallest absolute Gasteiger partial charge is 0.326 e. The molecule has 1 aromatic rings. The largest absolute Gasteiger partial charge is 0.383 e. The van der Waals surface area contributed by atoms with Gasteiger partial charge in [-0.25, -0.2) is 8.78 Å². The van der Waals surface area contributed by atoms with Gasteiger partial charge in [0.05, 0.1) is 0 Å². The quantitative estimate of drug-likeness (QED) is 0.820. The Morgan fingerprint density at radius 2 is 1.75 bits per heavy atom. The zero-order chi connectivity index (χ0) is 15.3. The van der Waals surface area contributed by atoms with Gasteiger partial charge in [0.2, 0.25) is 5.91 Å². The molecule has 0 fully saturated rings. The normalized spacial score (nSPS) is 11.3. The molecule has 0 radical (unpaired) electrons. The molecule has 0 heterocycles. The molecule has 20 heavy (non-hydrogen) atoms. The third kappa shape index (κ3) is 3.94. The van der Waals surface area contributed by atoms with E-state index >= 15 is 0 Å². The van der Waals surface area contributed by atoms with Crippen LogP contribution in [0.1, 0.15) is 13.3 Å². The first-order valence-electron chi connectivity index (χ1n) is 5.64. The van der Waals surface area contributed by atoms with Gasteiger partial charge < -0.3 is 10.6 Å². The van der Waals surface area contributed by atoms with E-state index in [0.717, 1.165) is 0 Å². The lowest BCUT2D eigenvalue weighted by molar-refractivity contribution is -0.163. The molecule has 0 atom stereocenters. The fourth-order valence-corrected chi connectivity index (χ4v) is 1.24. The van der Waals surface area contributed by atoms with Gasteiger partial charge in [0, 0.05) is 17.8 Å². The molecule has 1 aromatic carbocycles. The number of carbonyl (C=O) groups excluding carboxylic acids is 2. The van der Waals surface area contributed by atoms with Crippen molar-refractivity contribution < 1.29 is 27.2 Å². The lowest BCUT2D eigenvalue weighted by Gasteiger charge is -2.15. The first kappa shape index (κ1) is 15.9. The van der Waals surface area contributed by atoms with Gasteiger partial charge in [0.25, 0.3) is 0 Å². The van der Waals surface area contributed by atoms with Crippen LogP contribution in [0.25, 0.3) is 0 Å². The van der Waals surface area contributed by atoms with E-state index in [2.05, 4.69) is 5.32 Å². The number of alkyl halides is 4. The van der Waals surface area contributed by atoms with Crippen LogP contribution >= 0.6 is 0 Å². The van der Waals surface area contributed by atoms with Crippen LogP contribution in [0.15, 0.2) is 24.3 Å². The molecule has 0 spiro atoms. The Balaban J connectivity index is 2.81. The summed E-state index contributed by atoms with van der Waals surface area (Å²) < 4.78 is 49.5. The molecule has 110 valence electrons.